The van der Waals surface area contributed by atoms with Gasteiger partial charge in [0.25, 0.3) is 5.91 Å². The lowest BCUT2D eigenvalue weighted by molar-refractivity contribution is -0.00924. The first kappa shape index (κ1) is 17.4. The molecule has 3 atom stereocenters. The number of rotatable bonds is 3. The Morgan fingerprint density at radius 3 is 2.54 bits per heavy atom. The topological polar surface area (TPSA) is 41.6 Å². The molecule has 0 unspecified atom stereocenters. The molecule has 2 aromatic carbocycles. The molecule has 3 aliphatic carbocycles. The maximum absolute atomic E-state index is 13.5. The zero-order valence-corrected chi connectivity index (χ0v) is 16.6. The van der Waals surface area contributed by atoms with Crippen LogP contribution in [0.25, 0.3) is 0 Å². The summed E-state index contributed by atoms with van der Waals surface area (Å²) in [6, 6.07) is 15.6. The maximum Gasteiger partial charge on any atom is 0.262 e. The third-order valence-electron chi connectivity index (χ3n) is 7.10. The number of ether oxygens (including phenoxy) is 1. The Kier molecular flexibility index (Phi) is 3.80. The number of nitrogens with one attached hydrogen (secondary N) is 1. The van der Waals surface area contributed by atoms with Gasteiger partial charge in [0.05, 0.1) is 12.7 Å². The highest BCUT2D eigenvalue weighted by atomic mass is 16.5. The van der Waals surface area contributed by atoms with Gasteiger partial charge in [0.1, 0.15) is 11.9 Å². The molecule has 1 amide bonds. The molecule has 4 heteroatoms. The molecule has 4 aliphatic rings. The quantitative estimate of drug-likeness (QED) is 0.761. The highest BCUT2D eigenvalue weighted by Gasteiger charge is 2.54. The maximum atomic E-state index is 13.5. The molecule has 2 aromatic rings. The average molecular weight is 374 g/mol. The van der Waals surface area contributed by atoms with E-state index < -0.39 is 0 Å². The van der Waals surface area contributed by atoms with Gasteiger partial charge in [-0.2, -0.15) is 0 Å². The van der Waals surface area contributed by atoms with Gasteiger partial charge in [-0.05, 0) is 72.1 Å². The first-order chi connectivity index (χ1) is 13.5. The summed E-state index contributed by atoms with van der Waals surface area (Å²) in [6.07, 6.45) is 4.55. The van der Waals surface area contributed by atoms with E-state index in [1.54, 1.807) is 7.11 Å². The van der Waals surface area contributed by atoms with Crippen molar-refractivity contribution in [3.63, 3.8) is 0 Å². The fourth-order valence-corrected chi connectivity index (χ4v) is 5.20. The Labute approximate surface area is 166 Å². The van der Waals surface area contributed by atoms with Crippen molar-refractivity contribution in [1.29, 1.82) is 0 Å². The second-order valence-electron chi connectivity index (χ2n) is 8.71. The van der Waals surface area contributed by atoms with Crippen LogP contribution in [0.1, 0.15) is 37.0 Å². The van der Waals surface area contributed by atoms with E-state index in [4.69, 9.17) is 4.74 Å². The molecule has 2 bridgehead atoms. The molecule has 4 nitrogen and oxygen atoms in total. The number of carbonyl (C=O) groups excluding carboxylic acids is 1. The summed E-state index contributed by atoms with van der Waals surface area (Å²) in [7, 11) is 1.66. The normalized spacial score (nSPS) is 27.2. The van der Waals surface area contributed by atoms with E-state index in [0.717, 1.165) is 35.0 Å². The molecule has 0 radical (unpaired) electrons. The van der Waals surface area contributed by atoms with Crippen LogP contribution in [-0.2, 0) is 0 Å². The van der Waals surface area contributed by atoms with Crippen molar-refractivity contribution < 1.29 is 9.53 Å². The van der Waals surface area contributed by atoms with Crippen molar-refractivity contribution in [2.45, 2.75) is 32.9 Å². The first-order valence-corrected chi connectivity index (χ1v) is 10.0. The number of fused-ring (bicyclic) bond motifs is 2. The van der Waals surface area contributed by atoms with E-state index in [1.165, 1.54) is 12.0 Å². The van der Waals surface area contributed by atoms with E-state index in [-0.39, 0.29) is 12.1 Å². The second kappa shape index (κ2) is 6.13. The molecule has 6 rings (SSSR count). The van der Waals surface area contributed by atoms with Gasteiger partial charge in [-0.1, -0.05) is 32.1 Å². The molecule has 1 N–H and O–H groups in total. The number of allylic oxidation sites excluding steroid dienone is 1. The minimum atomic E-state index is -0.152. The Morgan fingerprint density at radius 2 is 1.86 bits per heavy atom. The monoisotopic (exact) mass is 374 g/mol. The van der Waals surface area contributed by atoms with Crippen LogP contribution < -0.4 is 15.0 Å². The molecule has 144 valence electrons. The Bertz CT molecular complexity index is 961. The summed E-state index contributed by atoms with van der Waals surface area (Å²) < 4.78 is 5.30. The lowest BCUT2D eigenvalue weighted by atomic mass is 9.48. The van der Waals surface area contributed by atoms with Crippen molar-refractivity contribution in [2.75, 3.05) is 17.3 Å². The van der Waals surface area contributed by atoms with Crippen LogP contribution in [0, 0.1) is 17.3 Å². The minimum Gasteiger partial charge on any atom is -0.497 e. The van der Waals surface area contributed by atoms with Gasteiger partial charge in [-0.25, -0.2) is 0 Å². The zero-order chi connectivity index (χ0) is 19.5. The summed E-state index contributed by atoms with van der Waals surface area (Å²) in [5, 5.41) is 3.67. The number of benzene rings is 2. The molecule has 1 heterocycles. The van der Waals surface area contributed by atoms with Crippen molar-refractivity contribution in [3.8, 4) is 5.75 Å². The van der Waals surface area contributed by atoms with Gasteiger partial charge in [0.2, 0.25) is 0 Å². The average Bonchev–Trinajstić information content (AvgIpc) is 2.73. The predicted octanol–water partition coefficient (Wildman–Crippen LogP) is 5.09. The van der Waals surface area contributed by atoms with Gasteiger partial charge in [0, 0.05) is 11.4 Å². The second-order valence-corrected chi connectivity index (χ2v) is 8.71. The molecular weight excluding hydrogens is 348 g/mol. The number of amides is 1. The highest BCUT2D eigenvalue weighted by Crippen LogP contribution is 2.60. The third kappa shape index (κ3) is 2.40. The number of anilines is 2. The lowest BCUT2D eigenvalue weighted by Crippen LogP contribution is -2.57. The fourth-order valence-electron chi connectivity index (χ4n) is 5.20. The molecule has 1 aliphatic heterocycles. The molecule has 0 saturated heterocycles. The number of nitrogens with zero attached hydrogens (tertiary/aromatic N) is 1. The van der Waals surface area contributed by atoms with E-state index in [1.807, 2.05) is 53.4 Å². The van der Waals surface area contributed by atoms with Crippen molar-refractivity contribution >= 4 is 17.3 Å². The largest absolute Gasteiger partial charge is 0.497 e. The predicted molar refractivity (Wildman–Crippen MR) is 112 cm³/mol. The van der Waals surface area contributed by atoms with Crippen LogP contribution in [-0.4, -0.2) is 19.2 Å². The van der Waals surface area contributed by atoms with Crippen LogP contribution in [0.3, 0.4) is 0 Å². The molecule has 0 spiro atoms. The zero-order valence-electron chi connectivity index (χ0n) is 16.6. The molecule has 0 aromatic heterocycles. The SMILES string of the molecule is COc1ccc(N2C(=O)c3ccccc3N[C@H]2C2=CC[C@H]3C[C@@H]2C3(C)C)cc1. The Hall–Kier alpha value is -2.75. The number of methoxy groups -OCH3 is 1. The van der Waals surface area contributed by atoms with E-state index in [9.17, 15) is 4.79 Å². The Balaban J connectivity index is 1.60. The van der Waals surface area contributed by atoms with E-state index in [0.29, 0.717) is 11.3 Å². The number of hydrogen-bond donors (Lipinski definition) is 1. The van der Waals surface area contributed by atoms with Crippen LogP contribution >= 0.6 is 0 Å². The minimum absolute atomic E-state index is 0.0460. The number of hydrogen-bond acceptors (Lipinski definition) is 3. The van der Waals surface area contributed by atoms with Crippen LogP contribution in [0.15, 0.2) is 60.2 Å². The smallest absolute Gasteiger partial charge is 0.262 e. The van der Waals surface area contributed by atoms with Crippen molar-refractivity contribution in [2.24, 2.45) is 17.3 Å². The van der Waals surface area contributed by atoms with Crippen LogP contribution in [0.4, 0.5) is 11.4 Å². The molecule has 28 heavy (non-hydrogen) atoms. The van der Waals surface area contributed by atoms with Crippen LogP contribution in [0.2, 0.25) is 0 Å². The summed E-state index contributed by atoms with van der Waals surface area (Å²) >= 11 is 0. The van der Waals surface area contributed by atoms with Gasteiger partial charge >= 0.3 is 0 Å². The van der Waals surface area contributed by atoms with Gasteiger partial charge in [-0.15, -0.1) is 0 Å². The number of para-hydroxylation sites is 1. The summed E-state index contributed by atoms with van der Waals surface area (Å²) in [5.74, 6) is 2.12. The van der Waals surface area contributed by atoms with Gasteiger partial charge in [-0.3, -0.25) is 9.69 Å². The summed E-state index contributed by atoms with van der Waals surface area (Å²) in [5.41, 5.74) is 4.18. The Morgan fingerprint density at radius 1 is 1.11 bits per heavy atom. The van der Waals surface area contributed by atoms with Crippen molar-refractivity contribution in [1.82, 2.24) is 0 Å². The van der Waals surface area contributed by atoms with E-state index >= 15 is 0 Å². The molecular formula is C24H26N2O2. The molecule has 1 saturated carbocycles. The van der Waals surface area contributed by atoms with Crippen LogP contribution in [0.5, 0.6) is 5.75 Å². The highest BCUT2D eigenvalue weighted by molar-refractivity contribution is 6.12. The molecule has 1 fully saturated rings. The summed E-state index contributed by atoms with van der Waals surface area (Å²) in [4.78, 5) is 15.5. The van der Waals surface area contributed by atoms with Gasteiger partial charge in [0.15, 0.2) is 0 Å². The third-order valence-corrected chi connectivity index (χ3v) is 7.10. The number of carbonyl (C=O) groups is 1. The summed E-state index contributed by atoms with van der Waals surface area (Å²) in [6.45, 7) is 4.74. The first-order valence-electron chi connectivity index (χ1n) is 10.0. The lowest BCUT2D eigenvalue weighted by Gasteiger charge is -2.58. The van der Waals surface area contributed by atoms with Crippen molar-refractivity contribution in [3.05, 3.63) is 65.7 Å². The van der Waals surface area contributed by atoms with E-state index in [2.05, 4.69) is 25.2 Å². The fraction of sp³-hybridized carbons (Fsp3) is 0.375. The standard InChI is InChI=1S/C24H26N2O2/c1-24(2)15-8-13-18(20(24)14-15)22-25-21-7-5-4-6-19(21)23(27)26(22)16-9-11-17(28-3)12-10-16/h4-7,9-13,15,20,22,25H,8,14H2,1-3H3/t15-,20-,22+/m0/s1. The van der Waals surface area contributed by atoms with Gasteiger partial charge < -0.3 is 10.1 Å².